The van der Waals surface area contributed by atoms with Crippen molar-refractivity contribution in [3.8, 4) is 5.75 Å². The topological polar surface area (TPSA) is 29.5 Å². The minimum atomic E-state index is -0.479. The first-order chi connectivity index (χ1) is 7.58. The highest BCUT2D eigenvalue weighted by atomic mass is 35.5. The Labute approximate surface area is 105 Å². The molecule has 0 aromatic heterocycles. The van der Waals surface area contributed by atoms with E-state index in [9.17, 15) is 5.11 Å². The van der Waals surface area contributed by atoms with Crippen molar-refractivity contribution in [1.29, 1.82) is 0 Å². The van der Waals surface area contributed by atoms with E-state index in [0.29, 0.717) is 11.4 Å². The molecule has 0 saturated heterocycles. The molecular weight excluding hydrogens is 244 g/mol. The fraction of sp³-hybridized carbons (Fsp3) is 0.500. The van der Waals surface area contributed by atoms with Crippen molar-refractivity contribution in [2.24, 2.45) is 0 Å². The molecule has 1 fully saturated rings. The van der Waals surface area contributed by atoms with E-state index >= 15 is 0 Å². The molecule has 0 atom stereocenters. The van der Waals surface area contributed by atoms with Crippen molar-refractivity contribution >= 4 is 23.4 Å². The minimum absolute atomic E-state index is 0.479. The molecule has 1 aliphatic carbocycles. The zero-order valence-corrected chi connectivity index (χ0v) is 11.0. The van der Waals surface area contributed by atoms with Gasteiger partial charge in [0.1, 0.15) is 0 Å². The first-order valence-corrected chi connectivity index (χ1v) is 6.81. The highest BCUT2D eigenvalue weighted by Gasteiger charge is 2.40. The third kappa shape index (κ3) is 2.47. The van der Waals surface area contributed by atoms with Crippen LogP contribution in [0.5, 0.6) is 5.75 Å². The van der Waals surface area contributed by atoms with Crippen molar-refractivity contribution < 1.29 is 9.84 Å². The molecule has 0 amide bonds. The second kappa shape index (κ2) is 4.47. The maximum atomic E-state index is 9.88. The van der Waals surface area contributed by atoms with Gasteiger partial charge in [0, 0.05) is 6.42 Å². The second-order valence-electron chi connectivity index (χ2n) is 4.21. The predicted octanol–water partition coefficient (Wildman–Crippen LogP) is 3.14. The second-order valence-corrected chi connectivity index (χ2v) is 5.47. The molecule has 0 radical (unpaired) electrons. The van der Waals surface area contributed by atoms with Crippen LogP contribution in [0.3, 0.4) is 0 Å². The van der Waals surface area contributed by atoms with Gasteiger partial charge in [0.2, 0.25) is 0 Å². The van der Waals surface area contributed by atoms with Crippen molar-refractivity contribution in [3.63, 3.8) is 0 Å². The average molecular weight is 259 g/mol. The summed E-state index contributed by atoms with van der Waals surface area (Å²) in [6.07, 6.45) is 4.46. The van der Waals surface area contributed by atoms with Crippen molar-refractivity contribution in [1.82, 2.24) is 0 Å². The smallest absolute Gasteiger partial charge is 0.150 e. The van der Waals surface area contributed by atoms with Crippen LogP contribution in [0.1, 0.15) is 18.4 Å². The lowest BCUT2D eigenvalue weighted by atomic mass is 10.1. The molecule has 1 N–H and O–H groups in total. The number of ether oxygens (including phenoxy) is 1. The first-order valence-electron chi connectivity index (χ1n) is 5.21. The zero-order chi connectivity index (χ0) is 11.8. The van der Waals surface area contributed by atoms with Gasteiger partial charge in [-0.15, -0.1) is 11.8 Å². The van der Waals surface area contributed by atoms with Crippen LogP contribution in [0, 0.1) is 0 Å². The number of rotatable bonds is 4. The molecule has 0 heterocycles. The molecule has 1 aromatic rings. The largest absolute Gasteiger partial charge is 0.494 e. The van der Waals surface area contributed by atoms with Crippen LogP contribution in [0.2, 0.25) is 5.02 Å². The molecule has 2 nitrogen and oxygen atoms in total. The molecule has 0 unspecified atom stereocenters. The van der Waals surface area contributed by atoms with Gasteiger partial charge in [-0.1, -0.05) is 11.6 Å². The van der Waals surface area contributed by atoms with Crippen molar-refractivity contribution in [2.45, 2.75) is 29.8 Å². The predicted molar refractivity (Wildman–Crippen MR) is 67.7 cm³/mol. The van der Waals surface area contributed by atoms with Crippen LogP contribution in [0.25, 0.3) is 0 Å². The van der Waals surface area contributed by atoms with Crippen molar-refractivity contribution in [3.05, 3.63) is 22.7 Å². The summed E-state index contributed by atoms with van der Waals surface area (Å²) in [6, 6.07) is 3.93. The van der Waals surface area contributed by atoms with Gasteiger partial charge in [-0.25, -0.2) is 0 Å². The Balaban J connectivity index is 2.30. The van der Waals surface area contributed by atoms with Crippen molar-refractivity contribution in [2.75, 3.05) is 13.4 Å². The number of thioether (sulfide) groups is 1. The molecule has 16 heavy (non-hydrogen) atoms. The van der Waals surface area contributed by atoms with E-state index < -0.39 is 5.60 Å². The van der Waals surface area contributed by atoms with Gasteiger partial charge < -0.3 is 9.84 Å². The van der Waals surface area contributed by atoms with Crippen LogP contribution in [0.15, 0.2) is 17.0 Å². The minimum Gasteiger partial charge on any atom is -0.494 e. The van der Waals surface area contributed by atoms with E-state index in [1.165, 1.54) is 0 Å². The van der Waals surface area contributed by atoms with Gasteiger partial charge in [0.25, 0.3) is 0 Å². The Morgan fingerprint density at radius 2 is 2.19 bits per heavy atom. The fourth-order valence-corrected chi connectivity index (χ4v) is 2.80. The lowest BCUT2D eigenvalue weighted by Crippen LogP contribution is -2.10. The molecular formula is C12H15ClO2S. The van der Waals surface area contributed by atoms with Gasteiger partial charge in [0.05, 0.1) is 22.6 Å². The molecule has 88 valence electrons. The Hall–Kier alpha value is -0.380. The third-order valence-corrected chi connectivity index (χ3v) is 3.88. The summed E-state index contributed by atoms with van der Waals surface area (Å²) in [4.78, 5) is 1.02. The summed E-state index contributed by atoms with van der Waals surface area (Å²) in [5, 5.41) is 10.5. The maximum Gasteiger partial charge on any atom is 0.150 e. The summed E-state index contributed by atoms with van der Waals surface area (Å²) in [6.45, 7) is 0. The number of methoxy groups -OCH3 is 1. The van der Waals surface area contributed by atoms with E-state index in [-0.39, 0.29) is 0 Å². The maximum absolute atomic E-state index is 9.88. The van der Waals surface area contributed by atoms with Gasteiger partial charge >= 0.3 is 0 Å². The molecule has 1 saturated carbocycles. The van der Waals surface area contributed by atoms with E-state index in [4.69, 9.17) is 16.3 Å². The highest BCUT2D eigenvalue weighted by Crippen LogP contribution is 2.41. The Morgan fingerprint density at radius 3 is 2.69 bits per heavy atom. The number of hydrogen-bond donors (Lipinski definition) is 1. The summed E-state index contributed by atoms with van der Waals surface area (Å²) < 4.78 is 5.25. The van der Waals surface area contributed by atoms with E-state index in [0.717, 1.165) is 29.1 Å². The zero-order valence-electron chi connectivity index (χ0n) is 9.42. The van der Waals surface area contributed by atoms with Gasteiger partial charge in [-0.2, -0.15) is 0 Å². The quantitative estimate of drug-likeness (QED) is 0.842. The summed E-state index contributed by atoms with van der Waals surface area (Å²) in [5.74, 6) is 0.723. The Morgan fingerprint density at radius 1 is 1.50 bits per heavy atom. The molecule has 1 aromatic carbocycles. The molecule has 1 aliphatic rings. The number of aliphatic hydroxyl groups is 1. The molecule has 0 bridgehead atoms. The standard InChI is InChI=1S/C12H15ClO2S/c1-15-11-9(13)5-8(6-10(11)16-2)7-12(14)3-4-12/h5-6,14H,3-4,7H2,1-2H3. The fourth-order valence-electron chi connectivity index (χ4n) is 1.77. The molecule has 0 spiro atoms. The molecule has 2 rings (SSSR count). The lowest BCUT2D eigenvalue weighted by molar-refractivity contribution is 0.151. The van der Waals surface area contributed by atoms with E-state index in [1.54, 1.807) is 18.9 Å². The lowest BCUT2D eigenvalue weighted by Gasteiger charge is -2.13. The van der Waals surface area contributed by atoms with E-state index in [2.05, 4.69) is 0 Å². The first kappa shape index (κ1) is 12.1. The van der Waals surface area contributed by atoms with E-state index in [1.807, 2.05) is 18.4 Å². The third-order valence-electron chi connectivity index (χ3n) is 2.85. The van der Waals surface area contributed by atoms with Crippen LogP contribution in [-0.2, 0) is 6.42 Å². The van der Waals surface area contributed by atoms with Gasteiger partial charge in [0.15, 0.2) is 5.75 Å². The van der Waals surface area contributed by atoms with Crippen LogP contribution < -0.4 is 4.74 Å². The van der Waals surface area contributed by atoms with Crippen LogP contribution >= 0.6 is 23.4 Å². The SMILES string of the molecule is COc1c(Cl)cc(CC2(O)CC2)cc1SC. The monoisotopic (exact) mass is 258 g/mol. The number of benzene rings is 1. The average Bonchev–Trinajstić information content (AvgIpc) is 2.95. The Kier molecular flexibility index (Phi) is 3.38. The van der Waals surface area contributed by atoms with Gasteiger partial charge in [-0.05, 0) is 36.8 Å². The summed E-state index contributed by atoms with van der Waals surface area (Å²) >= 11 is 7.75. The van der Waals surface area contributed by atoms with Crippen LogP contribution in [0.4, 0.5) is 0 Å². The molecule has 4 heteroatoms. The van der Waals surface area contributed by atoms with Gasteiger partial charge in [-0.3, -0.25) is 0 Å². The highest BCUT2D eigenvalue weighted by molar-refractivity contribution is 7.98. The summed E-state index contributed by atoms with van der Waals surface area (Å²) in [7, 11) is 1.62. The normalized spacial score (nSPS) is 17.2. The number of halogens is 1. The molecule has 0 aliphatic heterocycles. The number of hydrogen-bond acceptors (Lipinski definition) is 3. The summed E-state index contributed by atoms with van der Waals surface area (Å²) in [5.41, 5.74) is 0.600. The Bertz CT molecular complexity index is 402. The van der Waals surface area contributed by atoms with Crippen LogP contribution in [-0.4, -0.2) is 24.1 Å².